The van der Waals surface area contributed by atoms with Crippen molar-refractivity contribution in [1.82, 2.24) is 0 Å². The lowest BCUT2D eigenvalue weighted by Gasteiger charge is -2.03. The fourth-order valence-electron chi connectivity index (χ4n) is 1.88. The molecule has 6 nitrogen and oxygen atoms in total. The lowest BCUT2D eigenvalue weighted by Crippen LogP contribution is -2.03. The van der Waals surface area contributed by atoms with Crippen LogP contribution in [0.15, 0.2) is 27.5 Å². The second kappa shape index (κ2) is 5.61. The maximum absolute atomic E-state index is 12.1. The zero-order chi connectivity index (χ0) is 15.7. The molecule has 0 saturated heterocycles. The number of fused-ring (bicyclic) bond motifs is 1. The van der Waals surface area contributed by atoms with Gasteiger partial charge in [0.1, 0.15) is 0 Å². The highest BCUT2D eigenvalue weighted by Gasteiger charge is 2.17. The molecule has 0 aromatic heterocycles. The van der Waals surface area contributed by atoms with Gasteiger partial charge in [-0.3, -0.25) is 4.79 Å². The Morgan fingerprint density at radius 1 is 1.19 bits per heavy atom. The predicted octanol–water partition coefficient (Wildman–Crippen LogP) is 2.26. The number of phenols is 2. The molecular formula is C14H11BrO6. The normalized spacial score (nSPS) is 10.6. The van der Waals surface area contributed by atoms with Crippen molar-refractivity contribution in [2.75, 3.05) is 6.61 Å². The van der Waals surface area contributed by atoms with Crippen LogP contribution >= 0.6 is 15.9 Å². The highest BCUT2D eigenvalue weighted by molar-refractivity contribution is 9.10. The largest absolute Gasteiger partial charge is 0.504 e. The second-order valence-corrected chi connectivity index (χ2v) is 5.05. The lowest BCUT2D eigenvalue weighted by atomic mass is 10.1. The number of esters is 1. The Morgan fingerprint density at radius 2 is 1.86 bits per heavy atom. The quantitative estimate of drug-likeness (QED) is 0.564. The molecule has 110 valence electrons. The number of carbonyl (C=O) groups is 1. The summed E-state index contributed by atoms with van der Waals surface area (Å²) >= 11 is 3.03. The van der Waals surface area contributed by atoms with Gasteiger partial charge in [0, 0.05) is 0 Å². The SMILES string of the molecule is CCOC(=O)c1cc(O)c(=O)c2c(O)c(O)c(Br)cc2c1. The second-order valence-electron chi connectivity index (χ2n) is 4.20. The summed E-state index contributed by atoms with van der Waals surface area (Å²) in [5.74, 6) is -2.65. The molecule has 7 heteroatoms. The zero-order valence-electron chi connectivity index (χ0n) is 10.9. The van der Waals surface area contributed by atoms with E-state index >= 15 is 0 Å². The van der Waals surface area contributed by atoms with E-state index in [2.05, 4.69) is 15.9 Å². The van der Waals surface area contributed by atoms with Crippen molar-refractivity contribution in [1.29, 1.82) is 0 Å². The molecule has 0 aliphatic carbocycles. The first-order valence-electron chi connectivity index (χ1n) is 5.95. The first kappa shape index (κ1) is 15.1. The summed E-state index contributed by atoms with van der Waals surface area (Å²) in [4.78, 5) is 23.8. The van der Waals surface area contributed by atoms with Crippen LogP contribution in [0.2, 0.25) is 0 Å². The van der Waals surface area contributed by atoms with Gasteiger partial charge in [0.2, 0.25) is 5.43 Å². The fourth-order valence-corrected chi connectivity index (χ4v) is 2.31. The number of halogens is 1. The molecule has 0 atom stereocenters. The van der Waals surface area contributed by atoms with Gasteiger partial charge < -0.3 is 20.1 Å². The van der Waals surface area contributed by atoms with Crippen LogP contribution in [0.1, 0.15) is 17.3 Å². The molecule has 0 aliphatic rings. The number of carbonyl (C=O) groups excluding carboxylic acids is 1. The number of rotatable bonds is 2. The van der Waals surface area contributed by atoms with Gasteiger partial charge >= 0.3 is 5.97 Å². The first-order chi connectivity index (χ1) is 9.86. The summed E-state index contributed by atoms with van der Waals surface area (Å²) in [7, 11) is 0. The van der Waals surface area contributed by atoms with Crippen molar-refractivity contribution in [3.8, 4) is 17.2 Å². The molecular weight excluding hydrogens is 344 g/mol. The van der Waals surface area contributed by atoms with Crippen molar-refractivity contribution in [3.63, 3.8) is 0 Å². The van der Waals surface area contributed by atoms with E-state index in [1.807, 2.05) is 0 Å². The van der Waals surface area contributed by atoms with Crippen molar-refractivity contribution < 1.29 is 24.9 Å². The molecule has 0 saturated carbocycles. The van der Waals surface area contributed by atoms with E-state index in [0.717, 1.165) is 6.07 Å². The minimum Gasteiger partial charge on any atom is -0.504 e. The third kappa shape index (κ3) is 2.64. The van der Waals surface area contributed by atoms with E-state index < -0.39 is 28.6 Å². The average Bonchev–Trinajstić information content (AvgIpc) is 2.55. The summed E-state index contributed by atoms with van der Waals surface area (Å²) in [5.41, 5.74) is -0.945. The van der Waals surface area contributed by atoms with Crippen molar-refractivity contribution in [2.45, 2.75) is 6.92 Å². The summed E-state index contributed by atoms with van der Waals surface area (Å²) in [6.07, 6.45) is 0. The van der Waals surface area contributed by atoms with Gasteiger partial charge in [0.15, 0.2) is 17.2 Å². The maximum atomic E-state index is 12.1. The molecule has 2 rings (SSSR count). The van der Waals surface area contributed by atoms with Crippen LogP contribution in [0.25, 0.3) is 10.8 Å². The Bertz CT molecular complexity index is 800. The monoisotopic (exact) mass is 354 g/mol. The van der Waals surface area contributed by atoms with Crippen LogP contribution in [0.5, 0.6) is 17.2 Å². The Hall–Kier alpha value is -2.28. The van der Waals surface area contributed by atoms with E-state index in [0.29, 0.717) is 0 Å². The van der Waals surface area contributed by atoms with Crippen LogP contribution < -0.4 is 5.43 Å². The van der Waals surface area contributed by atoms with Crippen LogP contribution in [-0.2, 0) is 4.74 Å². The smallest absolute Gasteiger partial charge is 0.338 e. The highest BCUT2D eigenvalue weighted by atomic mass is 79.9. The summed E-state index contributed by atoms with van der Waals surface area (Å²) in [5, 5.41) is 29.2. The molecule has 0 heterocycles. The third-order valence-corrected chi connectivity index (χ3v) is 3.44. The van der Waals surface area contributed by atoms with Gasteiger partial charge in [0.25, 0.3) is 0 Å². The lowest BCUT2D eigenvalue weighted by molar-refractivity contribution is 0.0526. The summed E-state index contributed by atoms with van der Waals surface area (Å²) < 4.78 is 4.97. The van der Waals surface area contributed by atoms with Crippen molar-refractivity contribution in [3.05, 3.63) is 38.5 Å². The van der Waals surface area contributed by atoms with E-state index in [1.165, 1.54) is 12.1 Å². The minimum absolute atomic E-state index is 0.0431. The molecule has 21 heavy (non-hydrogen) atoms. The fraction of sp³-hybridized carbons (Fsp3) is 0.143. The Balaban J connectivity index is 2.93. The van der Waals surface area contributed by atoms with Crippen LogP contribution in [0.4, 0.5) is 0 Å². The molecule has 3 N–H and O–H groups in total. The Kier molecular flexibility index (Phi) is 4.04. The topological polar surface area (TPSA) is 104 Å². The van der Waals surface area contributed by atoms with Gasteiger partial charge in [0.05, 0.1) is 22.0 Å². The van der Waals surface area contributed by atoms with Gasteiger partial charge in [-0.15, -0.1) is 0 Å². The molecule has 0 unspecified atom stereocenters. The predicted molar refractivity (Wildman–Crippen MR) is 78.9 cm³/mol. The van der Waals surface area contributed by atoms with Gasteiger partial charge in [-0.25, -0.2) is 4.79 Å². The minimum atomic E-state index is -0.902. The van der Waals surface area contributed by atoms with E-state index in [1.54, 1.807) is 6.92 Å². The molecule has 0 spiro atoms. The third-order valence-electron chi connectivity index (χ3n) is 2.83. The number of ether oxygens (including phenoxy) is 1. The van der Waals surface area contributed by atoms with Gasteiger partial charge in [-0.05, 0) is 46.4 Å². The zero-order valence-corrected chi connectivity index (χ0v) is 12.5. The van der Waals surface area contributed by atoms with Crippen molar-refractivity contribution >= 4 is 32.7 Å². The van der Waals surface area contributed by atoms with Crippen LogP contribution in [0.3, 0.4) is 0 Å². The number of hydrogen-bond acceptors (Lipinski definition) is 6. The molecule has 2 aromatic rings. The highest BCUT2D eigenvalue weighted by Crippen LogP contribution is 2.39. The number of aromatic hydroxyl groups is 3. The van der Waals surface area contributed by atoms with Gasteiger partial charge in [-0.2, -0.15) is 0 Å². The number of phenolic OH excluding ortho intramolecular Hbond substituents is 2. The molecule has 2 aromatic carbocycles. The average molecular weight is 355 g/mol. The van der Waals surface area contributed by atoms with Crippen LogP contribution in [0, 0.1) is 0 Å². The molecule has 0 aliphatic heterocycles. The standard InChI is InChI=1S/C14H11BrO6/c1-2-21-14(20)7-3-6-4-8(15)11(17)13(19)10(6)12(18)9(16)5-7/h3-5,17,19H,2H2,1H3,(H,16,18). The van der Waals surface area contributed by atoms with Crippen molar-refractivity contribution in [2.24, 2.45) is 0 Å². The molecule has 0 fully saturated rings. The summed E-state index contributed by atoms with van der Waals surface area (Å²) in [6.45, 7) is 1.76. The van der Waals surface area contributed by atoms with Crippen LogP contribution in [-0.4, -0.2) is 27.9 Å². The number of benzene rings is 1. The summed E-state index contributed by atoms with van der Waals surface area (Å²) in [6, 6.07) is 3.61. The number of hydrogen-bond donors (Lipinski definition) is 3. The molecule has 0 bridgehead atoms. The Morgan fingerprint density at radius 3 is 2.48 bits per heavy atom. The van der Waals surface area contributed by atoms with E-state index in [9.17, 15) is 24.9 Å². The van der Waals surface area contributed by atoms with Gasteiger partial charge in [-0.1, -0.05) is 0 Å². The Labute approximate surface area is 127 Å². The van der Waals surface area contributed by atoms with E-state index in [-0.39, 0.29) is 27.4 Å². The molecule has 0 amide bonds. The maximum Gasteiger partial charge on any atom is 0.338 e. The first-order valence-corrected chi connectivity index (χ1v) is 6.74. The molecule has 0 radical (unpaired) electrons. The van der Waals surface area contributed by atoms with E-state index in [4.69, 9.17) is 4.74 Å².